The van der Waals surface area contributed by atoms with E-state index in [9.17, 15) is 13.2 Å². The topological polar surface area (TPSA) is 20.7 Å². The summed E-state index contributed by atoms with van der Waals surface area (Å²) in [7, 11) is 0. The lowest BCUT2D eigenvalue weighted by Gasteiger charge is -2.10. The quantitative estimate of drug-likeness (QED) is 0.626. The molecule has 2 aromatic carbocycles. The van der Waals surface area contributed by atoms with Crippen LogP contribution in [0.2, 0.25) is 0 Å². The molecule has 0 aliphatic heterocycles. The number of aromatic amines is 1. The molecule has 3 rings (SSSR count). The van der Waals surface area contributed by atoms with Gasteiger partial charge in [0.05, 0.1) is 16.6 Å². The molecule has 0 atom stereocenters. The van der Waals surface area contributed by atoms with Crippen LogP contribution in [-0.4, -0.2) is 9.55 Å². The van der Waals surface area contributed by atoms with Crippen molar-refractivity contribution in [3.05, 3.63) is 58.4 Å². The second-order valence-corrected chi connectivity index (χ2v) is 5.17. The van der Waals surface area contributed by atoms with Crippen molar-refractivity contribution in [2.24, 2.45) is 0 Å². The van der Waals surface area contributed by atoms with Crippen LogP contribution in [0, 0.1) is 11.7 Å². The Kier molecular flexibility index (Phi) is 3.13. The zero-order valence-electron chi connectivity index (χ0n) is 11.0. The number of halogens is 3. The highest BCUT2D eigenvalue weighted by atomic mass is 32.1. The fraction of sp³-hybridized carbons (Fsp3) is 0.133. The van der Waals surface area contributed by atoms with E-state index in [1.807, 2.05) is 25.1 Å². The van der Waals surface area contributed by atoms with Crippen molar-refractivity contribution in [1.82, 2.24) is 9.55 Å². The molecule has 1 aromatic heterocycles. The molecular formula is C15H11F3N2S. The Bertz CT molecular complexity index is 874. The first-order valence-electron chi connectivity index (χ1n) is 6.26. The van der Waals surface area contributed by atoms with Gasteiger partial charge in [0, 0.05) is 5.69 Å². The third-order valence-electron chi connectivity index (χ3n) is 3.36. The number of benzene rings is 2. The molecule has 0 radical (unpaired) electrons. The summed E-state index contributed by atoms with van der Waals surface area (Å²) in [5.41, 5.74) is 2.29. The highest BCUT2D eigenvalue weighted by molar-refractivity contribution is 7.71. The van der Waals surface area contributed by atoms with E-state index in [-0.39, 0.29) is 0 Å². The number of hydrogen-bond donors (Lipinski definition) is 1. The number of imidazole rings is 1. The van der Waals surface area contributed by atoms with E-state index in [0.717, 1.165) is 28.7 Å². The van der Waals surface area contributed by atoms with Gasteiger partial charge in [-0.05, 0) is 49.0 Å². The van der Waals surface area contributed by atoms with Crippen LogP contribution in [0.1, 0.15) is 11.1 Å². The molecule has 1 N–H and O–H groups in total. The van der Waals surface area contributed by atoms with Gasteiger partial charge in [0.2, 0.25) is 0 Å². The SMILES string of the molecule is Cc1cccc2c1[nH]c(=S)n2-c1cccc(C(F)(F)F)c1. The first kappa shape index (κ1) is 13.9. The van der Waals surface area contributed by atoms with Crippen molar-refractivity contribution >= 4 is 23.3 Å². The zero-order chi connectivity index (χ0) is 15.2. The second-order valence-electron chi connectivity index (χ2n) is 4.78. The average molecular weight is 308 g/mol. The van der Waals surface area contributed by atoms with Gasteiger partial charge in [0.15, 0.2) is 4.77 Å². The van der Waals surface area contributed by atoms with Gasteiger partial charge in [-0.25, -0.2) is 0 Å². The van der Waals surface area contributed by atoms with E-state index in [1.165, 1.54) is 6.07 Å². The molecule has 0 amide bonds. The first-order chi connectivity index (χ1) is 9.88. The van der Waals surface area contributed by atoms with E-state index in [4.69, 9.17) is 12.2 Å². The zero-order valence-corrected chi connectivity index (χ0v) is 11.8. The molecule has 3 aromatic rings. The van der Waals surface area contributed by atoms with Crippen LogP contribution >= 0.6 is 12.2 Å². The van der Waals surface area contributed by atoms with E-state index in [0.29, 0.717) is 10.5 Å². The molecule has 0 saturated carbocycles. The highest BCUT2D eigenvalue weighted by Crippen LogP contribution is 2.31. The molecule has 6 heteroatoms. The van der Waals surface area contributed by atoms with Gasteiger partial charge in [-0.1, -0.05) is 18.2 Å². The van der Waals surface area contributed by atoms with Crippen molar-refractivity contribution in [2.75, 3.05) is 0 Å². The smallest absolute Gasteiger partial charge is 0.330 e. The van der Waals surface area contributed by atoms with Gasteiger partial charge in [0.1, 0.15) is 0 Å². The van der Waals surface area contributed by atoms with Crippen molar-refractivity contribution in [3.8, 4) is 5.69 Å². The van der Waals surface area contributed by atoms with Crippen LogP contribution in [0.4, 0.5) is 13.2 Å². The molecule has 21 heavy (non-hydrogen) atoms. The fourth-order valence-electron chi connectivity index (χ4n) is 2.35. The lowest BCUT2D eigenvalue weighted by atomic mass is 10.1. The molecule has 0 unspecified atom stereocenters. The number of rotatable bonds is 1. The summed E-state index contributed by atoms with van der Waals surface area (Å²) in [6.45, 7) is 1.92. The van der Waals surface area contributed by atoms with Gasteiger partial charge < -0.3 is 4.98 Å². The molecule has 108 valence electrons. The summed E-state index contributed by atoms with van der Waals surface area (Å²) in [5.74, 6) is 0. The van der Waals surface area contributed by atoms with E-state index >= 15 is 0 Å². The predicted molar refractivity (Wildman–Crippen MR) is 78.2 cm³/mol. The lowest BCUT2D eigenvalue weighted by molar-refractivity contribution is -0.137. The minimum absolute atomic E-state index is 0.374. The highest BCUT2D eigenvalue weighted by Gasteiger charge is 2.30. The molecule has 0 aliphatic rings. The van der Waals surface area contributed by atoms with Gasteiger partial charge in [-0.2, -0.15) is 13.2 Å². The predicted octanol–water partition coefficient (Wildman–Crippen LogP) is 5.02. The summed E-state index contributed by atoms with van der Waals surface area (Å²) < 4.78 is 40.5. The maximum Gasteiger partial charge on any atom is 0.416 e. The Hall–Kier alpha value is -2.08. The number of aromatic nitrogens is 2. The Labute approximate surface area is 123 Å². The Balaban J connectivity index is 2.29. The van der Waals surface area contributed by atoms with Crippen LogP contribution in [0.3, 0.4) is 0 Å². The normalized spacial score (nSPS) is 12.0. The summed E-state index contributed by atoms with van der Waals surface area (Å²) in [5, 5.41) is 0. The van der Waals surface area contributed by atoms with Crippen LogP contribution in [0.25, 0.3) is 16.7 Å². The fourth-order valence-corrected chi connectivity index (χ4v) is 2.66. The molecule has 0 bridgehead atoms. The molecule has 0 spiro atoms. The molecule has 0 fully saturated rings. The summed E-state index contributed by atoms with van der Waals surface area (Å²) in [6, 6.07) is 10.7. The number of nitrogens with zero attached hydrogens (tertiary/aromatic N) is 1. The van der Waals surface area contributed by atoms with Crippen molar-refractivity contribution in [1.29, 1.82) is 0 Å². The average Bonchev–Trinajstić information content (AvgIpc) is 2.76. The minimum Gasteiger partial charge on any atom is -0.330 e. The maximum atomic E-state index is 12.8. The summed E-state index contributed by atoms with van der Waals surface area (Å²) >= 11 is 5.26. The standard InChI is InChI=1S/C15H11F3N2S/c1-9-4-2-7-12-13(9)19-14(21)20(12)11-6-3-5-10(8-11)15(16,17)18/h2-8H,1H3,(H,19,21). The van der Waals surface area contributed by atoms with Gasteiger partial charge in [0.25, 0.3) is 0 Å². The van der Waals surface area contributed by atoms with Crippen molar-refractivity contribution in [3.63, 3.8) is 0 Å². The van der Waals surface area contributed by atoms with Crippen molar-refractivity contribution in [2.45, 2.75) is 13.1 Å². The minimum atomic E-state index is -4.37. The maximum absolute atomic E-state index is 12.8. The van der Waals surface area contributed by atoms with Crippen molar-refractivity contribution < 1.29 is 13.2 Å². The number of nitrogens with one attached hydrogen (secondary N) is 1. The summed E-state index contributed by atoms with van der Waals surface area (Å²) in [6.07, 6.45) is -4.37. The lowest BCUT2D eigenvalue weighted by Crippen LogP contribution is -2.06. The van der Waals surface area contributed by atoms with Gasteiger partial charge in [-0.15, -0.1) is 0 Å². The third-order valence-corrected chi connectivity index (χ3v) is 3.64. The van der Waals surface area contributed by atoms with Gasteiger partial charge in [-0.3, -0.25) is 4.57 Å². The first-order valence-corrected chi connectivity index (χ1v) is 6.67. The van der Waals surface area contributed by atoms with E-state index in [1.54, 1.807) is 10.6 Å². The number of para-hydroxylation sites is 1. The number of alkyl halides is 3. The molecule has 2 nitrogen and oxygen atoms in total. The largest absolute Gasteiger partial charge is 0.416 e. The Morgan fingerprint density at radius 2 is 1.81 bits per heavy atom. The number of H-pyrrole nitrogens is 1. The van der Waals surface area contributed by atoms with Crippen LogP contribution in [-0.2, 0) is 6.18 Å². The van der Waals surface area contributed by atoms with E-state index in [2.05, 4.69) is 4.98 Å². The van der Waals surface area contributed by atoms with Gasteiger partial charge >= 0.3 is 6.18 Å². The third kappa shape index (κ3) is 2.35. The van der Waals surface area contributed by atoms with Crippen LogP contribution in [0.5, 0.6) is 0 Å². The molecule has 0 aliphatic carbocycles. The van der Waals surface area contributed by atoms with E-state index < -0.39 is 11.7 Å². The second kappa shape index (κ2) is 4.73. The number of aryl methyl sites for hydroxylation is 1. The Morgan fingerprint density at radius 3 is 2.52 bits per heavy atom. The van der Waals surface area contributed by atoms with Crippen LogP contribution in [0.15, 0.2) is 42.5 Å². The molecule has 1 heterocycles. The Morgan fingerprint density at radius 1 is 1.10 bits per heavy atom. The number of hydrogen-bond acceptors (Lipinski definition) is 1. The van der Waals surface area contributed by atoms with Crippen LogP contribution < -0.4 is 0 Å². The number of fused-ring (bicyclic) bond motifs is 1. The monoisotopic (exact) mass is 308 g/mol. The summed E-state index contributed by atoms with van der Waals surface area (Å²) in [4.78, 5) is 3.05. The molecule has 0 saturated heterocycles. The molecular weight excluding hydrogens is 297 g/mol.